The number of benzene rings is 1. The summed E-state index contributed by atoms with van der Waals surface area (Å²) in [6.07, 6.45) is 0.791. The molecular weight excluding hydrogens is 250 g/mol. The Labute approximate surface area is 108 Å². The molecule has 2 unspecified atom stereocenters. The molecule has 1 aromatic rings. The maximum absolute atomic E-state index is 12.5. The van der Waals surface area contributed by atoms with Crippen molar-refractivity contribution < 1.29 is 13.5 Å². The molecule has 0 fully saturated rings. The van der Waals surface area contributed by atoms with Gasteiger partial charge in [0.1, 0.15) is 5.25 Å². The van der Waals surface area contributed by atoms with Crippen molar-refractivity contribution in [3.8, 4) is 0 Å². The highest BCUT2D eigenvalue weighted by atomic mass is 32.2. The van der Waals surface area contributed by atoms with Crippen LogP contribution >= 0.6 is 0 Å². The van der Waals surface area contributed by atoms with E-state index in [1.165, 1.54) is 0 Å². The predicted molar refractivity (Wildman–Crippen MR) is 71.7 cm³/mol. The summed E-state index contributed by atoms with van der Waals surface area (Å²) in [4.78, 5) is 2.32. The maximum atomic E-state index is 12.5. The van der Waals surface area contributed by atoms with Crippen molar-refractivity contribution >= 4 is 15.5 Å². The number of para-hydroxylation sites is 1. The van der Waals surface area contributed by atoms with E-state index in [4.69, 9.17) is 0 Å². The van der Waals surface area contributed by atoms with Crippen LogP contribution in [0.4, 0.5) is 5.69 Å². The van der Waals surface area contributed by atoms with Gasteiger partial charge >= 0.3 is 0 Å². The second-order valence-electron chi connectivity index (χ2n) is 4.73. The number of hydrogen-bond acceptors (Lipinski definition) is 4. The number of aryl methyl sites for hydroxylation is 1. The Balaban J connectivity index is 2.74. The van der Waals surface area contributed by atoms with Crippen molar-refractivity contribution in [3.63, 3.8) is 0 Å². The van der Waals surface area contributed by atoms with E-state index < -0.39 is 15.1 Å². The fourth-order valence-electron chi connectivity index (χ4n) is 2.61. The minimum absolute atomic E-state index is 0.222. The molecule has 2 rings (SSSR count). The van der Waals surface area contributed by atoms with Crippen LogP contribution in [0.5, 0.6) is 0 Å². The van der Waals surface area contributed by atoms with Gasteiger partial charge in [-0.2, -0.15) is 0 Å². The zero-order chi connectivity index (χ0) is 13.5. The van der Waals surface area contributed by atoms with Gasteiger partial charge < -0.3 is 10.0 Å². The molecule has 0 saturated carbocycles. The number of hydrogen-bond donors (Lipinski definition) is 1. The van der Waals surface area contributed by atoms with Crippen LogP contribution in [-0.2, 0) is 16.3 Å². The van der Waals surface area contributed by atoms with Crippen molar-refractivity contribution in [2.45, 2.75) is 36.5 Å². The molecule has 0 saturated heterocycles. The smallest absolute Gasteiger partial charge is 0.187 e. The topological polar surface area (TPSA) is 57.6 Å². The first-order chi connectivity index (χ1) is 8.45. The third-order valence-electron chi connectivity index (χ3n) is 3.85. The third kappa shape index (κ3) is 1.73. The minimum Gasteiger partial charge on any atom is -0.395 e. The number of aliphatic hydroxyl groups is 1. The highest BCUT2D eigenvalue weighted by Crippen LogP contribution is 2.38. The Morgan fingerprint density at radius 3 is 2.61 bits per heavy atom. The Morgan fingerprint density at radius 2 is 2.06 bits per heavy atom. The van der Waals surface area contributed by atoms with Crippen molar-refractivity contribution in [2.24, 2.45) is 0 Å². The second-order valence-corrected chi connectivity index (χ2v) is 6.87. The number of fused-ring (bicyclic) bond motifs is 1. The van der Waals surface area contributed by atoms with Gasteiger partial charge in [-0.25, -0.2) is 8.42 Å². The average Bonchev–Trinajstić information content (AvgIpc) is 2.35. The maximum Gasteiger partial charge on any atom is 0.187 e. The molecule has 1 aliphatic heterocycles. The molecule has 5 heteroatoms. The molecule has 4 nitrogen and oxygen atoms in total. The van der Waals surface area contributed by atoms with Gasteiger partial charge in [-0.15, -0.1) is 0 Å². The van der Waals surface area contributed by atoms with Crippen LogP contribution in [0.25, 0.3) is 0 Å². The van der Waals surface area contributed by atoms with Gasteiger partial charge in [-0.05, 0) is 25.0 Å². The Kier molecular flexibility index (Phi) is 3.38. The highest BCUT2D eigenvalue weighted by molar-refractivity contribution is 7.92. The van der Waals surface area contributed by atoms with Crippen molar-refractivity contribution in [2.75, 3.05) is 18.6 Å². The predicted octanol–water partition coefficient (Wildman–Crippen LogP) is 1.22. The molecular formula is C13H19NO3S. The summed E-state index contributed by atoms with van der Waals surface area (Å²) >= 11 is 0. The fraction of sp³-hybridized carbons (Fsp3) is 0.538. The number of sulfone groups is 1. The number of anilines is 1. The molecule has 1 N–H and O–H groups in total. The Bertz CT molecular complexity index is 553. The fourth-order valence-corrected chi connectivity index (χ4v) is 4.65. The molecule has 1 aliphatic rings. The van der Waals surface area contributed by atoms with Crippen molar-refractivity contribution in [1.29, 1.82) is 0 Å². The summed E-state index contributed by atoms with van der Waals surface area (Å²) in [5, 5.41) is 8.61. The minimum atomic E-state index is -3.44. The van der Waals surface area contributed by atoms with Crippen LogP contribution in [-0.4, -0.2) is 38.5 Å². The van der Waals surface area contributed by atoms with E-state index in [1.807, 2.05) is 31.9 Å². The molecule has 100 valence electrons. The lowest BCUT2D eigenvalue weighted by atomic mass is 10.1. The standard InChI is InChI=1S/C13H19NO3S/c1-4-10-6-5-7-11-13(10)14(3)9(2)12(8-15)18(11,16)17/h5-7,9,12,15H,4,8H2,1-3H3. The van der Waals surface area contributed by atoms with Crippen LogP contribution in [0.15, 0.2) is 23.1 Å². The summed E-state index contributed by atoms with van der Waals surface area (Å²) in [5.41, 5.74) is 1.82. The average molecular weight is 269 g/mol. The summed E-state index contributed by atoms with van der Waals surface area (Å²) in [5.74, 6) is 0. The van der Waals surface area contributed by atoms with E-state index in [9.17, 15) is 13.5 Å². The van der Waals surface area contributed by atoms with E-state index >= 15 is 0 Å². The first-order valence-electron chi connectivity index (χ1n) is 6.14. The normalized spacial score (nSPS) is 25.9. The third-order valence-corrected chi connectivity index (χ3v) is 6.13. The van der Waals surface area contributed by atoms with Gasteiger partial charge in [0.25, 0.3) is 0 Å². The zero-order valence-electron chi connectivity index (χ0n) is 10.9. The van der Waals surface area contributed by atoms with Crippen molar-refractivity contribution in [1.82, 2.24) is 0 Å². The van der Waals surface area contributed by atoms with Crippen LogP contribution in [0.1, 0.15) is 19.4 Å². The van der Waals surface area contributed by atoms with Crippen LogP contribution in [0.2, 0.25) is 0 Å². The van der Waals surface area contributed by atoms with Gasteiger partial charge in [-0.3, -0.25) is 0 Å². The van der Waals surface area contributed by atoms with E-state index in [-0.39, 0.29) is 12.6 Å². The molecule has 0 spiro atoms. The number of nitrogens with zero attached hydrogens (tertiary/aromatic N) is 1. The van der Waals surface area contributed by atoms with E-state index in [2.05, 4.69) is 0 Å². The van der Waals surface area contributed by atoms with Gasteiger partial charge in [0.05, 0.1) is 17.2 Å². The molecule has 0 radical (unpaired) electrons. The molecule has 0 aliphatic carbocycles. The molecule has 2 atom stereocenters. The summed E-state index contributed by atoms with van der Waals surface area (Å²) in [6.45, 7) is 3.51. The van der Waals surface area contributed by atoms with Gasteiger partial charge in [-0.1, -0.05) is 19.1 Å². The van der Waals surface area contributed by atoms with E-state index in [1.54, 1.807) is 12.1 Å². The first kappa shape index (κ1) is 13.4. The molecule has 0 aromatic heterocycles. The number of rotatable bonds is 2. The lowest BCUT2D eigenvalue weighted by Gasteiger charge is -2.39. The lowest BCUT2D eigenvalue weighted by molar-refractivity contribution is 0.276. The number of aliphatic hydroxyl groups excluding tert-OH is 1. The molecule has 0 bridgehead atoms. The van der Waals surface area contributed by atoms with Crippen LogP contribution in [0.3, 0.4) is 0 Å². The second kappa shape index (κ2) is 4.55. The van der Waals surface area contributed by atoms with Crippen molar-refractivity contribution in [3.05, 3.63) is 23.8 Å². The molecule has 1 heterocycles. The van der Waals surface area contributed by atoms with Gasteiger partial charge in [0.15, 0.2) is 9.84 Å². The summed E-state index contributed by atoms with van der Waals surface area (Å²) in [6, 6.07) is 5.14. The highest BCUT2D eigenvalue weighted by Gasteiger charge is 2.41. The van der Waals surface area contributed by atoms with Crippen LogP contribution in [0, 0.1) is 0 Å². The molecule has 1 aromatic carbocycles. The monoisotopic (exact) mass is 269 g/mol. The lowest BCUT2D eigenvalue weighted by Crippen LogP contribution is -2.50. The largest absolute Gasteiger partial charge is 0.395 e. The summed E-state index contributed by atoms with van der Waals surface area (Å²) < 4.78 is 24.9. The first-order valence-corrected chi connectivity index (χ1v) is 7.69. The zero-order valence-corrected chi connectivity index (χ0v) is 11.7. The molecule has 18 heavy (non-hydrogen) atoms. The SMILES string of the molecule is CCc1cccc2c1N(C)C(C)C(CO)S2(=O)=O. The van der Waals surface area contributed by atoms with Gasteiger partial charge in [0, 0.05) is 13.1 Å². The Hall–Kier alpha value is -1.07. The quantitative estimate of drug-likeness (QED) is 0.877. The van der Waals surface area contributed by atoms with E-state index in [0.717, 1.165) is 17.7 Å². The Morgan fingerprint density at radius 1 is 1.39 bits per heavy atom. The van der Waals surface area contributed by atoms with Gasteiger partial charge in [0.2, 0.25) is 0 Å². The van der Waals surface area contributed by atoms with E-state index in [0.29, 0.717) is 4.90 Å². The molecule has 0 amide bonds. The summed E-state index contributed by atoms with van der Waals surface area (Å²) in [7, 11) is -1.55. The van der Waals surface area contributed by atoms with Crippen LogP contribution < -0.4 is 4.90 Å².